The van der Waals surface area contributed by atoms with E-state index in [2.05, 4.69) is 26.2 Å². The first-order valence-electron chi connectivity index (χ1n) is 12.4. The van der Waals surface area contributed by atoms with Crippen molar-refractivity contribution < 1.29 is 34.5 Å². The van der Waals surface area contributed by atoms with Crippen LogP contribution in [-0.2, 0) is 25.7 Å². The maximum absolute atomic E-state index is 13.1. The number of hydrogen-bond donors (Lipinski definition) is 5. The van der Waals surface area contributed by atoms with Gasteiger partial charge in [0.15, 0.2) is 0 Å². The molecule has 3 aliphatic rings. The molecule has 2 saturated heterocycles. The summed E-state index contributed by atoms with van der Waals surface area (Å²) in [6.45, 7) is 3.75. The lowest BCUT2D eigenvalue weighted by Gasteiger charge is -2.47. The van der Waals surface area contributed by atoms with E-state index in [0.29, 0.717) is 17.9 Å². The first kappa shape index (κ1) is 27.9. The number of thioether (sulfide) groups is 1. The van der Waals surface area contributed by atoms with Crippen LogP contribution in [0, 0.1) is 11.8 Å². The third kappa shape index (κ3) is 5.39. The Balaban J connectivity index is 1.41. The van der Waals surface area contributed by atoms with Gasteiger partial charge in [0.05, 0.1) is 31.2 Å². The number of carboxylic acid groups (broad SMARTS) is 1. The quantitative estimate of drug-likeness (QED) is 0.167. The Hall–Kier alpha value is -3.08. The SMILES string of the molecule is C[C@@H](NC(=O)Cn1cnnn1)[C@H]1C(=O)N2C(C(=O)O)=C(S[C@@H]3CNC(C(=O)N(CCO)CCO)C3)[C@H](C)[C@H]12. The summed E-state index contributed by atoms with van der Waals surface area (Å²) < 4.78 is 1.26. The molecule has 4 rings (SSSR count). The Bertz CT molecular complexity index is 1090. The van der Waals surface area contributed by atoms with E-state index in [1.54, 1.807) is 6.92 Å². The van der Waals surface area contributed by atoms with Gasteiger partial charge in [0.1, 0.15) is 18.6 Å². The van der Waals surface area contributed by atoms with Gasteiger partial charge in [-0.15, -0.1) is 16.9 Å². The molecule has 15 nitrogen and oxygen atoms in total. The second-order valence-corrected chi connectivity index (χ2v) is 10.9. The number of aromatic nitrogens is 4. The Kier molecular flexibility index (Phi) is 8.64. The summed E-state index contributed by atoms with van der Waals surface area (Å²) in [7, 11) is 0. The molecule has 5 N–H and O–H groups in total. The minimum absolute atomic E-state index is 0.0436. The lowest BCUT2D eigenvalue weighted by Crippen LogP contribution is -2.66. The molecule has 208 valence electrons. The number of carbonyl (C=O) groups excluding carboxylic acids is 3. The maximum Gasteiger partial charge on any atom is 0.353 e. The van der Waals surface area contributed by atoms with E-state index in [4.69, 9.17) is 0 Å². The van der Waals surface area contributed by atoms with Crippen molar-refractivity contribution in [1.82, 2.24) is 40.6 Å². The Labute approximate surface area is 222 Å². The number of hydrogen-bond acceptors (Lipinski definition) is 11. The number of amides is 3. The number of aliphatic hydroxyl groups excluding tert-OH is 2. The van der Waals surface area contributed by atoms with Gasteiger partial charge in [-0.3, -0.25) is 14.4 Å². The van der Waals surface area contributed by atoms with Crippen LogP contribution >= 0.6 is 11.8 Å². The normalized spacial score (nSPS) is 27.2. The lowest BCUT2D eigenvalue weighted by molar-refractivity contribution is -0.158. The minimum atomic E-state index is -1.19. The average molecular weight is 553 g/mol. The number of fused-ring (bicyclic) bond motifs is 1. The Morgan fingerprint density at radius 1 is 1.29 bits per heavy atom. The van der Waals surface area contributed by atoms with Crippen LogP contribution in [0.1, 0.15) is 20.3 Å². The zero-order chi connectivity index (χ0) is 27.6. The average Bonchev–Trinajstić information content (AvgIpc) is 3.59. The highest BCUT2D eigenvalue weighted by atomic mass is 32.2. The predicted molar refractivity (Wildman–Crippen MR) is 132 cm³/mol. The molecule has 0 radical (unpaired) electrons. The third-order valence-corrected chi connectivity index (χ3v) is 8.66. The number of aliphatic hydroxyl groups is 2. The number of rotatable bonds is 12. The van der Waals surface area contributed by atoms with Crippen molar-refractivity contribution >= 4 is 35.5 Å². The van der Waals surface area contributed by atoms with Crippen LogP contribution in [0.25, 0.3) is 0 Å². The lowest BCUT2D eigenvalue weighted by atomic mass is 9.78. The van der Waals surface area contributed by atoms with Gasteiger partial charge in [-0.2, -0.15) is 0 Å². The molecular formula is C22H32N8O7S. The first-order chi connectivity index (χ1) is 18.2. The summed E-state index contributed by atoms with van der Waals surface area (Å²) in [6, 6.07) is -1.46. The summed E-state index contributed by atoms with van der Waals surface area (Å²) in [6.07, 6.45) is 1.74. The summed E-state index contributed by atoms with van der Waals surface area (Å²) in [5.41, 5.74) is -0.0436. The van der Waals surface area contributed by atoms with Crippen molar-refractivity contribution in [2.75, 3.05) is 32.8 Å². The van der Waals surface area contributed by atoms with E-state index < -0.39 is 30.0 Å². The molecule has 0 aromatic carbocycles. The number of nitrogens with one attached hydrogen (secondary N) is 2. The number of nitrogens with zero attached hydrogens (tertiary/aromatic N) is 6. The van der Waals surface area contributed by atoms with Gasteiger partial charge in [0, 0.05) is 41.7 Å². The van der Waals surface area contributed by atoms with E-state index >= 15 is 0 Å². The molecular weight excluding hydrogens is 520 g/mol. The number of tetrazole rings is 1. The minimum Gasteiger partial charge on any atom is -0.477 e. The van der Waals surface area contributed by atoms with Crippen molar-refractivity contribution in [2.24, 2.45) is 11.8 Å². The largest absolute Gasteiger partial charge is 0.477 e. The van der Waals surface area contributed by atoms with E-state index in [1.807, 2.05) is 6.92 Å². The van der Waals surface area contributed by atoms with E-state index in [0.717, 1.165) is 0 Å². The first-order valence-corrected chi connectivity index (χ1v) is 13.3. The molecule has 1 unspecified atom stereocenters. The van der Waals surface area contributed by atoms with E-state index in [1.165, 1.54) is 32.6 Å². The predicted octanol–water partition coefficient (Wildman–Crippen LogP) is -2.77. The zero-order valence-electron chi connectivity index (χ0n) is 21.1. The standard InChI is InChI=1S/C22H32N8O7S/c1-11-17-16(12(2)25-15(33)9-29-10-24-26-27-29)21(35)30(17)18(22(36)37)19(11)38-13-7-14(23-8-13)20(34)28(3-5-31)4-6-32/h10-14,16-17,23,31-32H,3-9H2,1-2H3,(H,25,33)(H,36,37)/t11-,12-,13+,14?,16-,17-/m1/s1. The molecule has 1 aromatic heterocycles. The van der Waals surface area contributed by atoms with E-state index in [9.17, 15) is 34.5 Å². The number of β-lactam (4-membered cyclic amide) rings is 1. The molecule has 0 saturated carbocycles. The highest BCUT2D eigenvalue weighted by Crippen LogP contribution is 2.51. The summed E-state index contributed by atoms with van der Waals surface area (Å²) in [4.78, 5) is 53.8. The Morgan fingerprint density at radius 2 is 2.00 bits per heavy atom. The fraction of sp³-hybridized carbons (Fsp3) is 0.682. The summed E-state index contributed by atoms with van der Waals surface area (Å²) in [5.74, 6) is -3.01. The van der Waals surface area contributed by atoms with Crippen LogP contribution in [0.15, 0.2) is 16.9 Å². The van der Waals surface area contributed by atoms with Gasteiger partial charge in [0.2, 0.25) is 17.7 Å². The second kappa shape index (κ2) is 11.8. The summed E-state index contributed by atoms with van der Waals surface area (Å²) in [5, 5.41) is 44.9. The molecule has 3 amide bonds. The van der Waals surface area contributed by atoms with Gasteiger partial charge in [-0.1, -0.05) is 6.92 Å². The molecule has 6 atom stereocenters. The van der Waals surface area contributed by atoms with Gasteiger partial charge >= 0.3 is 5.97 Å². The molecule has 38 heavy (non-hydrogen) atoms. The fourth-order valence-corrected chi connectivity index (χ4v) is 6.92. The molecule has 4 heterocycles. The molecule has 16 heteroatoms. The van der Waals surface area contributed by atoms with Crippen molar-refractivity contribution in [3.8, 4) is 0 Å². The van der Waals surface area contributed by atoms with Crippen molar-refractivity contribution in [2.45, 2.75) is 50.2 Å². The highest BCUT2D eigenvalue weighted by Gasteiger charge is 2.60. The molecule has 0 bridgehead atoms. The smallest absolute Gasteiger partial charge is 0.353 e. The highest BCUT2D eigenvalue weighted by molar-refractivity contribution is 8.03. The van der Waals surface area contributed by atoms with Gasteiger partial charge in [-0.25, -0.2) is 9.48 Å². The van der Waals surface area contributed by atoms with E-state index in [-0.39, 0.29) is 67.4 Å². The molecule has 2 fully saturated rings. The van der Waals surface area contributed by atoms with Crippen LogP contribution in [0.4, 0.5) is 0 Å². The van der Waals surface area contributed by atoms with Crippen molar-refractivity contribution in [3.63, 3.8) is 0 Å². The maximum atomic E-state index is 13.1. The van der Waals surface area contributed by atoms with Gasteiger partial charge < -0.3 is 35.8 Å². The monoisotopic (exact) mass is 552 g/mol. The van der Waals surface area contributed by atoms with Crippen LogP contribution in [0.5, 0.6) is 0 Å². The Morgan fingerprint density at radius 3 is 2.61 bits per heavy atom. The van der Waals surface area contributed by atoms with Crippen LogP contribution < -0.4 is 10.6 Å². The molecule has 3 aliphatic heterocycles. The topological polar surface area (TPSA) is 203 Å². The number of aliphatic carboxylic acids is 1. The molecule has 1 aromatic rings. The van der Waals surface area contributed by atoms with Crippen LogP contribution in [0.3, 0.4) is 0 Å². The zero-order valence-corrected chi connectivity index (χ0v) is 21.9. The molecule has 0 aliphatic carbocycles. The summed E-state index contributed by atoms with van der Waals surface area (Å²) >= 11 is 1.36. The fourth-order valence-electron chi connectivity index (χ4n) is 5.44. The number of carbonyl (C=O) groups is 4. The number of carboxylic acids is 1. The van der Waals surface area contributed by atoms with Crippen LogP contribution in [-0.4, -0.2) is 125 Å². The van der Waals surface area contributed by atoms with Gasteiger partial charge in [0.25, 0.3) is 0 Å². The molecule has 0 spiro atoms. The van der Waals surface area contributed by atoms with Crippen LogP contribution in [0.2, 0.25) is 0 Å². The third-order valence-electron chi connectivity index (χ3n) is 7.15. The van der Waals surface area contributed by atoms with Crippen molar-refractivity contribution in [3.05, 3.63) is 16.9 Å². The van der Waals surface area contributed by atoms with Crippen molar-refractivity contribution in [1.29, 1.82) is 0 Å². The van der Waals surface area contributed by atoms with Gasteiger partial charge in [-0.05, 0) is 23.8 Å². The second-order valence-electron chi connectivity index (χ2n) is 9.60.